The zero-order chi connectivity index (χ0) is 19.9. The molecule has 0 saturated carbocycles. The summed E-state index contributed by atoms with van der Waals surface area (Å²) in [5, 5.41) is 16.5. The summed E-state index contributed by atoms with van der Waals surface area (Å²) in [7, 11) is 0. The summed E-state index contributed by atoms with van der Waals surface area (Å²) in [5.74, 6) is -0.103. The van der Waals surface area contributed by atoms with Crippen molar-refractivity contribution in [2.24, 2.45) is 0 Å². The summed E-state index contributed by atoms with van der Waals surface area (Å²) in [4.78, 5) is 16.5. The molecule has 7 heteroatoms. The van der Waals surface area contributed by atoms with E-state index in [0.717, 1.165) is 26.8 Å². The molecule has 4 aromatic rings. The Kier molecular flexibility index (Phi) is 5.87. The van der Waals surface area contributed by atoms with Gasteiger partial charge in [0.2, 0.25) is 0 Å². The van der Waals surface area contributed by atoms with Gasteiger partial charge in [-0.05, 0) is 35.9 Å². The molecule has 0 bridgehead atoms. The van der Waals surface area contributed by atoms with Crippen LogP contribution in [0.4, 0.5) is 5.69 Å². The van der Waals surface area contributed by atoms with Crippen molar-refractivity contribution >= 4 is 22.9 Å². The van der Waals surface area contributed by atoms with Crippen LogP contribution in [-0.4, -0.2) is 21.1 Å². The number of carbonyl (C=O) groups is 1. The van der Waals surface area contributed by atoms with Crippen LogP contribution in [-0.2, 0) is 13.1 Å². The third kappa shape index (κ3) is 5.03. The van der Waals surface area contributed by atoms with Gasteiger partial charge in [0.25, 0.3) is 5.91 Å². The molecule has 0 unspecified atom stereocenters. The average molecular weight is 401 g/mol. The van der Waals surface area contributed by atoms with Crippen molar-refractivity contribution in [3.05, 3.63) is 95.3 Å². The standard InChI is InChI=1S/C22H19N5OS/c28-21(25-14-16-5-2-1-3-6-16)18-7-4-8-19(13-18)24-15-20-26-27-22(29-20)17-9-11-23-12-10-17/h1-13,24H,14-15H2,(H,25,28). The molecule has 6 nitrogen and oxygen atoms in total. The number of aromatic nitrogens is 3. The number of carbonyl (C=O) groups excluding carboxylic acids is 1. The number of anilines is 1. The second-order valence-corrected chi connectivity index (χ2v) is 7.40. The normalized spacial score (nSPS) is 10.5. The van der Waals surface area contributed by atoms with Crippen molar-refractivity contribution in [2.45, 2.75) is 13.1 Å². The first-order valence-electron chi connectivity index (χ1n) is 9.17. The molecule has 0 radical (unpaired) electrons. The number of hydrogen-bond donors (Lipinski definition) is 2. The molecule has 0 spiro atoms. The lowest BCUT2D eigenvalue weighted by atomic mass is 10.1. The Bertz CT molecular complexity index is 1080. The fourth-order valence-electron chi connectivity index (χ4n) is 2.76. The zero-order valence-corrected chi connectivity index (χ0v) is 16.4. The van der Waals surface area contributed by atoms with E-state index in [-0.39, 0.29) is 5.91 Å². The van der Waals surface area contributed by atoms with Gasteiger partial charge in [-0.3, -0.25) is 9.78 Å². The SMILES string of the molecule is O=C(NCc1ccccc1)c1cccc(NCc2nnc(-c3ccncc3)s2)c1. The van der Waals surface area contributed by atoms with Gasteiger partial charge in [-0.1, -0.05) is 47.7 Å². The van der Waals surface area contributed by atoms with Gasteiger partial charge in [0.05, 0.1) is 6.54 Å². The topological polar surface area (TPSA) is 79.8 Å². The van der Waals surface area contributed by atoms with Crippen LogP contribution in [0.3, 0.4) is 0 Å². The highest BCUT2D eigenvalue weighted by atomic mass is 32.1. The average Bonchev–Trinajstić information content (AvgIpc) is 3.27. The van der Waals surface area contributed by atoms with Gasteiger partial charge in [0, 0.05) is 35.8 Å². The molecule has 0 aliphatic heterocycles. The van der Waals surface area contributed by atoms with Crippen LogP contribution in [0.5, 0.6) is 0 Å². The molecule has 0 atom stereocenters. The van der Waals surface area contributed by atoms with Crippen LogP contribution in [0.25, 0.3) is 10.6 Å². The van der Waals surface area contributed by atoms with Crippen LogP contribution in [0.2, 0.25) is 0 Å². The maximum Gasteiger partial charge on any atom is 0.251 e. The lowest BCUT2D eigenvalue weighted by molar-refractivity contribution is 0.0951. The summed E-state index contributed by atoms with van der Waals surface area (Å²) >= 11 is 1.53. The summed E-state index contributed by atoms with van der Waals surface area (Å²) in [6.45, 7) is 1.04. The van der Waals surface area contributed by atoms with Crippen LogP contribution < -0.4 is 10.6 Å². The van der Waals surface area contributed by atoms with Gasteiger partial charge in [-0.25, -0.2) is 0 Å². The minimum Gasteiger partial charge on any atom is -0.378 e. The van der Waals surface area contributed by atoms with Gasteiger partial charge in [-0.2, -0.15) is 0 Å². The first-order valence-corrected chi connectivity index (χ1v) is 9.98. The number of rotatable bonds is 7. The Morgan fingerprint density at radius 3 is 2.55 bits per heavy atom. The second-order valence-electron chi connectivity index (χ2n) is 6.34. The number of nitrogens with zero attached hydrogens (tertiary/aromatic N) is 3. The number of hydrogen-bond acceptors (Lipinski definition) is 6. The quantitative estimate of drug-likeness (QED) is 0.486. The van der Waals surface area contributed by atoms with Gasteiger partial charge < -0.3 is 10.6 Å². The second kappa shape index (κ2) is 9.07. The van der Waals surface area contributed by atoms with E-state index in [1.807, 2.05) is 60.7 Å². The van der Waals surface area contributed by atoms with Crippen LogP contribution >= 0.6 is 11.3 Å². The minimum absolute atomic E-state index is 0.103. The Balaban J connectivity index is 1.35. The van der Waals surface area contributed by atoms with Crippen molar-refractivity contribution in [3.63, 3.8) is 0 Å². The van der Waals surface area contributed by atoms with Crippen LogP contribution in [0, 0.1) is 0 Å². The first-order chi connectivity index (χ1) is 14.3. The van der Waals surface area contributed by atoms with E-state index in [1.165, 1.54) is 11.3 Å². The largest absolute Gasteiger partial charge is 0.378 e. The van der Waals surface area contributed by atoms with E-state index in [2.05, 4.69) is 25.8 Å². The Morgan fingerprint density at radius 2 is 1.72 bits per heavy atom. The lowest BCUT2D eigenvalue weighted by Gasteiger charge is -2.08. The summed E-state index contributed by atoms with van der Waals surface area (Å²) in [5.41, 5.74) is 3.54. The van der Waals surface area contributed by atoms with Crippen molar-refractivity contribution < 1.29 is 4.79 Å². The van der Waals surface area contributed by atoms with Crippen LogP contribution in [0.1, 0.15) is 20.9 Å². The molecule has 1 amide bonds. The van der Waals surface area contributed by atoms with E-state index in [0.29, 0.717) is 18.7 Å². The van der Waals surface area contributed by atoms with Gasteiger partial charge in [0.15, 0.2) is 0 Å². The van der Waals surface area contributed by atoms with Crippen LogP contribution in [0.15, 0.2) is 79.1 Å². The molecule has 0 aliphatic rings. The third-order valence-electron chi connectivity index (χ3n) is 4.26. The molecule has 0 aliphatic carbocycles. The fourth-order valence-corrected chi connectivity index (χ4v) is 3.55. The molecule has 2 N–H and O–H groups in total. The van der Waals surface area contributed by atoms with Gasteiger partial charge >= 0.3 is 0 Å². The summed E-state index contributed by atoms with van der Waals surface area (Å²) in [6.07, 6.45) is 3.48. The highest BCUT2D eigenvalue weighted by Crippen LogP contribution is 2.23. The molecule has 0 fully saturated rings. The fraction of sp³-hybridized carbons (Fsp3) is 0.0909. The van der Waals surface area contributed by atoms with Crippen molar-refractivity contribution in [3.8, 4) is 10.6 Å². The van der Waals surface area contributed by atoms with Gasteiger partial charge in [0.1, 0.15) is 10.0 Å². The monoisotopic (exact) mass is 401 g/mol. The molecular weight excluding hydrogens is 382 g/mol. The predicted molar refractivity (Wildman–Crippen MR) is 115 cm³/mol. The predicted octanol–water partition coefficient (Wildman–Crippen LogP) is 4.14. The first kappa shape index (κ1) is 18.8. The summed E-state index contributed by atoms with van der Waals surface area (Å²) in [6, 6.07) is 21.1. The van der Waals surface area contributed by atoms with Crippen molar-refractivity contribution in [1.29, 1.82) is 0 Å². The van der Waals surface area contributed by atoms with E-state index >= 15 is 0 Å². The number of benzene rings is 2. The Labute approximate surface area is 172 Å². The highest BCUT2D eigenvalue weighted by Gasteiger charge is 2.08. The molecule has 29 heavy (non-hydrogen) atoms. The zero-order valence-electron chi connectivity index (χ0n) is 15.6. The molecule has 4 rings (SSSR count). The van der Waals surface area contributed by atoms with Gasteiger partial charge in [-0.15, -0.1) is 10.2 Å². The van der Waals surface area contributed by atoms with Crippen molar-refractivity contribution in [1.82, 2.24) is 20.5 Å². The maximum atomic E-state index is 12.4. The Hall–Kier alpha value is -3.58. The summed E-state index contributed by atoms with van der Waals surface area (Å²) < 4.78 is 0. The third-order valence-corrected chi connectivity index (χ3v) is 5.23. The number of nitrogens with one attached hydrogen (secondary N) is 2. The van der Waals surface area contributed by atoms with E-state index < -0.39 is 0 Å². The Morgan fingerprint density at radius 1 is 0.897 bits per heavy atom. The smallest absolute Gasteiger partial charge is 0.251 e. The molecular formula is C22H19N5OS. The minimum atomic E-state index is -0.103. The molecule has 0 saturated heterocycles. The van der Waals surface area contributed by atoms with Crippen molar-refractivity contribution in [2.75, 3.05) is 5.32 Å². The number of pyridine rings is 1. The molecule has 2 aromatic carbocycles. The van der Waals surface area contributed by atoms with E-state index in [1.54, 1.807) is 18.5 Å². The van der Waals surface area contributed by atoms with E-state index in [4.69, 9.17) is 0 Å². The van der Waals surface area contributed by atoms with E-state index in [9.17, 15) is 4.79 Å². The molecule has 2 heterocycles. The molecule has 144 valence electrons. The number of amides is 1. The molecule has 2 aromatic heterocycles. The lowest BCUT2D eigenvalue weighted by Crippen LogP contribution is -2.22. The maximum absolute atomic E-state index is 12.4. The highest BCUT2D eigenvalue weighted by molar-refractivity contribution is 7.14.